The number of amides is 1. The van der Waals surface area contributed by atoms with Crippen LogP contribution in [0.5, 0.6) is 5.88 Å². The maximum Gasteiger partial charge on any atom is 0.290 e. The highest BCUT2D eigenvalue weighted by molar-refractivity contribution is 7.80. The minimum Gasteiger partial charge on any atom is -0.480 e. The third kappa shape index (κ3) is 4.92. The van der Waals surface area contributed by atoms with Gasteiger partial charge in [-0.25, -0.2) is 4.98 Å². The minimum atomic E-state index is -0.525. The number of carbonyl (C=O) groups is 1. The molecule has 7 nitrogen and oxygen atoms in total. The van der Waals surface area contributed by atoms with Crippen LogP contribution in [0.3, 0.4) is 0 Å². The smallest absolute Gasteiger partial charge is 0.290 e. The molecule has 120 valence electrons. The Morgan fingerprint density at radius 1 is 1.26 bits per heavy atom. The lowest BCUT2D eigenvalue weighted by Crippen LogP contribution is -2.44. The molecular formula is C13H11Cl2N5O2S. The molecule has 0 unspecified atom stereocenters. The first kappa shape index (κ1) is 17.2. The topological polar surface area (TPSA) is 88.2 Å². The maximum absolute atomic E-state index is 11.9. The van der Waals surface area contributed by atoms with Crippen LogP contribution in [0.2, 0.25) is 10.0 Å². The fraction of sp³-hybridized carbons (Fsp3) is 0.0769. The van der Waals surface area contributed by atoms with Crippen LogP contribution in [0.25, 0.3) is 0 Å². The first-order valence-corrected chi connectivity index (χ1v) is 7.34. The largest absolute Gasteiger partial charge is 0.480 e. The average molecular weight is 372 g/mol. The van der Waals surface area contributed by atoms with Crippen LogP contribution in [-0.2, 0) is 0 Å². The monoisotopic (exact) mass is 371 g/mol. The number of methoxy groups -OCH3 is 1. The van der Waals surface area contributed by atoms with Crippen LogP contribution in [0.1, 0.15) is 10.5 Å². The van der Waals surface area contributed by atoms with Crippen molar-refractivity contribution < 1.29 is 9.53 Å². The second kappa shape index (κ2) is 7.91. The SMILES string of the molecule is COc1cncc(C(=O)NNC(=S)Nc2ccc(Cl)cc2Cl)n1. The Hall–Kier alpha value is -2.16. The predicted octanol–water partition coefficient (Wildman–Crippen LogP) is 2.42. The maximum atomic E-state index is 11.9. The molecule has 0 aliphatic rings. The molecule has 0 saturated carbocycles. The van der Waals surface area contributed by atoms with Gasteiger partial charge in [0.2, 0.25) is 5.88 Å². The van der Waals surface area contributed by atoms with E-state index in [4.69, 9.17) is 40.2 Å². The van der Waals surface area contributed by atoms with Crippen LogP contribution in [0, 0.1) is 0 Å². The van der Waals surface area contributed by atoms with Gasteiger partial charge in [-0.05, 0) is 30.4 Å². The van der Waals surface area contributed by atoms with E-state index >= 15 is 0 Å². The summed E-state index contributed by atoms with van der Waals surface area (Å²) in [5, 5.41) is 3.86. The van der Waals surface area contributed by atoms with Gasteiger partial charge in [0.25, 0.3) is 5.91 Å². The summed E-state index contributed by atoms with van der Waals surface area (Å²) in [5.74, 6) is -0.297. The molecule has 0 radical (unpaired) electrons. The van der Waals surface area contributed by atoms with Gasteiger partial charge in [0, 0.05) is 5.02 Å². The average Bonchev–Trinajstić information content (AvgIpc) is 2.55. The van der Waals surface area contributed by atoms with Gasteiger partial charge in [0.15, 0.2) is 10.8 Å². The second-order valence-corrected chi connectivity index (χ2v) is 5.36. The fourth-order valence-electron chi connectivity index (χ4n) is 1.48. The molecule has 10 heteroatoms. The summed E-state index contributed by atoms with van der Waals surface area (Å²) >= 11 is 16.9. The van der Waals surface area contributed by atoms with E-state index in [1.807, 2.05) is 0 Å². The third-order valence-electron chi connectivity index (χ3n) is 2.52. The Morgan fingerprint density at radius 3 is 2.74 bits per heavy atom. The molecule has 0 atom stereocenters. The number of benzene rings is 1. The van der Waals surface area contributed by atoms with Crippen LogP contribution in [-0.4, -0.2) is 28.1 Å². The van der Waals surface area contributed by atoms with Crippen molar-refractivity contribution in [3.8, 4) is 5.88 Å². The number of aromatic nitrogens is 2. The Balaban J connectivity index is 1.92. The second-order valence-electron chi connectivity index (χ2n) is 4.10. The molecule has 0 aliphatic heterocycles. The molecule has 0 saturated heterocycles. The zero-order valence-corrected chi connectivity index (χ0v) is 14.1. The number of carbonyl (C=O) groups excluding carboxylic acids is 1. The molecular weight excluding hydrogens is 361 g/mol. The fourth-order valence-corrected chi connectivity index (χ4v) is 2.09. The highest BCUT2D eigenvalue weighted by Gasteiger charge is 2.10. The van der Waals surface area contributed by atoms with Crippen LogP contribution in [0.15, 0.2) is 30.6 Å². The number of halogens is 2. The van der Waals surface area contributed by atoms with Gasteiger partial charge in [-0.1, -0.05) is 23.2 Å². The van der Waals surface area contributed by atoms with Crippen molar-refractivity contribution in [2.45, 2.75) is 0 Å². The molecule has 0 bridgehead atoms. The molecule has 2 rings (SSSR count). The van der Waals surface area contributed by atoms with E-state index in [9.17, 15) is 4.79 Å². The van der Waals surface area contributed by atoms with Crippen LogP contribution >= 0.6 is 35.4 Å². The van der Waals surface area contributed by atoms with Crippen molar-refractivity contribution in [1.29, 1.82) is 0 Å². The first-order chi connectivity index (χ1) is 11.0. The molecule has 3 N–H and O–H groups in total. The third-order valence-corrected chi connectivity index (χ3v) is 3.28. The van der Waals surface area contributed by atoms with E-state index in [1.165, 1.54) is 19.5 Å². The van der Waals surface area contributed by atoms with Gasteiger partial charge in [-0.15, -0.1) is 0 Å². The lowest BCUT2D eigenvalue weighted by molar-refractivity contribution is 0.0938. The zero-order valence-electron chi connectivity index (χ0n) is 11.8. The van der Waals surface area contributed by atoms with Gasteiger partial charge in [-0.3, -0.25) is 20.6 Å². The standard InChI is InChI=1S/C13H11Cl2N5O2S/c1-22-11-6-16-5-10(17-11)12(21)19-20-13(23)18-9-3-2-7(14)4-8(9)15/h2-6H,1H3,(H,19,21)(H2,18,20,23). The molecule has 2 aromatic rings. The molecule has 0 aliphatic carbocycles. The van der Waals surface area contributed by atoms with E-state index in [2.05, 4.69) is 26.1 Å². The Morgan fingerprint density at radius 2 is 2.04 bits per heavy atom. The molecule has 0 spiro atoms. The highest BCUT2D eigenvalue weighted by Crippen LogP contribution is 2.25. The van der Waals surface area contributed by atoms with Crippen molar-refractivity contribution in [3.63, 3.8) is 0 Å². The first-order valence-electron chi connectivity index (χ1n) is 6.18. The number of nitrogens with one attached hydrogen (secondary N) is 3. The summed E-state index contributed by atoms with van der Waals surface area (Å²) in [6, 6.07) is 4.88. The van der Waals surface area contributed by atoms with E-state index < -0.39 is 5.91 Å². The molecule has 0 fully saturated rings. The Labute approximate surface area is 147 Å². The van der Waals surface area contributed by atoms with E-state index in [0.29, 0.717) is 15.7 Å². The molecule has 1 heterocycles. The lowest BCUT2D eigenvalue weighted by atomic mass is 10.3. The minimum absolute atomic E-state index is 0.0733. The summed E-state index contributed by atoms with van der Waals surface area (Å²) < 4.78 is 4.89. The van der Waals surface area contributed by atoms with Crippen molar-refractivity contribution in [1.82, 2.24) is 20.8 Å². The Bertz CT molecular complexity index is 744. The predicted molar refractivity (Wildman–Crippen MR) is 91.9 cm³/mol. The van der Waals surface area contributed by atoms with Crippen molar-refractivity contribution in [2.24, 2.45) is 0 Å². The van der Waals surface area contributed by atoms with Gasteiger partial charge < -0.3 is 10.1 Å². The highest BCUT2D eigenvalue weighted by atomic mass is 35.5. The quantitative estimate of drug-likeness (QED) is 0.563. The number of thiocarbonyl (C=S) groups is 1. The van der Waals surface area contributed by atoms with E-state index in [-0.39, 0.29) is 16.7 Å². The zero-order chi connectivity index (χ0) is 16.8. The number of rotatable bonds is 3. The number of hydrogen-bond donors (Lipinski definition) is 3. The molecule has 23 heavy (non-hydrogen) atoms. The lowest BCUT2D eigenvalue weighted by Gasteiger charge is -2.12. The van der Waals surface area contributed by atoms with Crippen molar-refractivity contribution in [2.75, 3.05) is 12.4 Å². The van der Waals surface area contributed by atoms with E-state index in [0.717, 1.165) is 0 Å². The van der Waals surface area contributed by atoms with Crippen LogP contribution in [0.4, 0.5) is 5.69 Å². The number of ether oxygens (including phenoxy) is 1. The number of hydrogen-bond acceptors (Lipinski definition) is 5. The van der Waals surface area contributed by atoms with E-state index in [1.54, 1.807) is 18.2 Å². The summed E-state index contributed by atoms with van der Waals surface area (Å²) in [5.41, 5.74) is 5.53. The summed E-state index contributed by atoms with van der Waals surface area (Å²) in [4.78, 5) is 19.7. The van der Waals surface area contributed by atoms with Gasteiger partial charge in [0.1, 0.15) is 0 Å². The molecule has 1 aromatic carbocycles. The summed E-state index contributed by atoms with van der Waals surface area (Å²) in [6.45, 7) is 0. The molecule has 1 aromatic heterocycles. The number of anilines is 1. The normalized spacial score (nSPS) is 9.87. The molecule has 1 amide bonds. The van der Waals surface area contributed by atoms with Crippen molar-refractivity contribution in [3.05, 3.63) is 46.3 Å². The van der Waals surface area contributed by atoms with Crippen molar-refractivity contribution >= 4 is 52.1 Å². The summed E-state index contributed by atoms with van der Waals surface area (Å²) in [6.07, 6.45) is 2.69. The van der Waals surface area contributed by atoms with Gasteiger partial charge >= 0.3 is 0 Å². The van der Waals surface area contributed by atoms with Gasteiger partial charge in [-0.2, -0.15) is 0 Å². The number of nitrogens with zero attached hydrogens (tertiary/aromatic N) is 2. The Kier molecular flexibility index (Phi) is 5.91. The van der Waals surface area contributed by atoms with Gasteiger partial charge in [0.05, 0.1) is 30.2 Å². The summed E-state index contributed by atoms with van der Waals surface area (Å²) in [7, 11) is 1.43. The van der Waals surface area contributed by atoms with Crippen LogP contribution < -0.4 is 20.9 Å². The number of hydrazine groups is 1.